The van der Waals surface area contributed by atoms with Gasteiger partial charge in [0.15, 0.2) is 0 Å². The number of aryl methyl sites for hydroxylation is 1. The van der Waals surface area contributed by atoms with Gasteiger partial charge < -0.3 is 5.11 Å². The first-order valence-corrected chi connectivity index (χ1v) is 12.3. The van der Waals surface area contributed by atoms with Crippen LogP contribution in [0.25, 0.3) is 0 Å². The summed E-state index contributed by atoms with van der Waals surface area (Å²) in [5.74, 6) is -0.823. The molecule has 6 heteroatoms. The number of nitrogens with one attached hydrogen (secondary N) is 1. The molecule has 5 nitrogen and oxygen atoms in total. The van der Waals surface area contributed by atoms with E-state index in [0.29, 0.717) is 23.4 Å². The Morgan fingerprint density at radius 1 is 0.903 bits per heavy atom. The molecule has 0 aliphatic heterocycles. The average molecular weight is 442 g/mol. The van der Waals surface area contributed by atoms with Crippen LogP contribution in [0.1, 0.15) is 75.6 Å². The second-order valence-electron chi connectivity index (χ2n) is 10.5. The average Bonchev–Trinajstić information content (AvgIpc) is 3.47. The van der Waals surface area contributed by atoms with Crippen molar-refractivity contribution in [2.24, 2.45) is 0 Å². The minimum Gasteiger partial charge on any atom is -0.481 e. The molecule has 1 saturated carbocycles. The molecule has 2 aliphatic rings. The Morgan fingerprint density at radius 3 is 1.90 bits per heavy atom. The van der Waals surface area contributed by atoms with Crippen molar-refractivity contribution in [2.45, 2.75) is 81.4 Å². The lowest BCUT2D eigenvalue weighted by atomic mass is 9.63. The van der Waals surface area contributed by atoms with Crippen LogP contribution in [0.3, 0.4) is 0 Å². The molecule has 0 radical (unpaired) electrons. The van der Waals surface area contributed by atoms with Crippen LogP contribution >= 0.6 is 0 Å². The SMILES string of the molecule is Cc1cc2c(cc1S(=O)(=O)Nc1ccc(C3(C(=O)O)CC3)cc1)C(C)(C)CCC2(C)C. The number of anilines is 1. The molecule has 0 bridgehead atoms. The van der Waals surface area contributed by atoms with Gasteiger partial charge in [0.2, 0.25) is 0 Å². The first-order valence-electron chi connectivity index (χ1n) is 10.8. The van der Waals surface area contributed by atoms with Crippen LogP contribution in [0.2, 0.25) is 0 Å². The summed E-state index contributed by atoms with van der Waals surface area (Å²) < 4.78 is 29.2. The highest BCUT2D eigenvalue weighted by Gasteiger charge is 2.51. The molecule has 0 amide bonds. The molecule has 0 unspecified atom stereocenters. The van der Waals surface area contributed by atoms with E-state index >= 15 is 0 Å². The van der Waals surface area contributed by atoms with Crippen molar-refractivity contribution < 1.29 is 18.3 Å². The van der Waals surface area contributed by atoms with Gasteiger partial charge in [-0.25, -0.2) is 8.42 Å². The van der Waals surface area contributed by atoms with Crippen molar-refractivity contribution in [1.29, 1.82) is 0 Å². The third-order valence-electron chi connectivity index (χ3n) is 7.29. The number of benzene rings is 2. The van der Waals surface area contributed by atoms with Gasteiger partial charge in [0.05, 0.1) is 10.3 Å². The monoisotopic (exact) mass is 441 g/mol. The summed E-state index contributed by atoms with van der Waals surface area (Å²) in [6, 6.07) is 10.6. The van der Waals surface area contributed by atoms with Gasteiger partial charge >= 0.3 is 5.97 Å². The molecule has 0 atom stereocenters. The molecule has 0 saturated heterocycles. The third-order valence-corrected chi connectivity index (χ3v) is 8.81. The fourth-order valence-corrected chi connectivity index (χ4v) is 6.12. The van der Waals surface area contributed by atoms with Crippen molar-refractivity contribution in [3.63, 3.8) is 0 Å². The molecule has 2 aliphatic carbocycles. The van der Waals surface area contributed by atoms with Gasteiger partial charge in [0.1, 0.15) is 0 Å². The van der Waals surface area contributed by atoms with Gasteiger partial charge in [0, 0.05) is 5.69 Å². The number of carbonyl (C=O) groups is 1. The minimum absolute atomic E-state index is 0.0179. The topological polar surface area (TPSA) is 83.5 Å². The lowest BCUT2D eigenvalue weighted by Gasteiger charge is -2.42. The van der Waals surface area contributed by atoms with E-state index < -0.39 is 21.4 Å². The lowest BCUT2D eigenvalue weighted by Crippen LogP contribution is -2.34. The molecular formula is C25H31NO4S. The molecule has 0 spiro atoms. The molecule has 2 N–H and O–H groups in total. The minimum atomic E-state index is -3.78. The number of carboxylic acids is 1. The highest BCUT2D eigenvalue weighted by Crippen LogP contribution is 2.49. The lowest BCUT2D eigenvalue weighted by molar-refractivity contribution is -0.140. The van der Waals surface area contributed by atoms with Gasteiger partial charge in [-0.1, -0.05) is 45.9 Å². The Labute approximate surface area is 184 Å². The standard InChI is InChI=1S/C25H31NO4S/c1-16-14-19-20(24(4,5)11-10-23(19,2)3)15-21(16)31(29,30)26-18-8-6-17(7-9-18)25(12-13-25)22(27)28/h6-9,14-15,26H,10-13H2,1-5H3,(H,27,28). The highest BCUT2D eigenvalue weighted by molar-refractivity contribution is 7.92. The summed E-state index contributed by atoms with van der Waals surface area (Å²) in [5.41, 5.74) is 3.35. The summed E-state index contributed by atoms with van der Waals surface area (Å²) in [4.78, 5) is 11.8. The second kappa shape index (κ2) is 6.83. The smallest absolute Gasteiger partial charge is 0.314 e. The predicted octanol–water partition coefficient (Wildman–Crippen LogP) is 5.26. The first kappa shape index (κ1) is 21.9. The zero-order chi connectivity index (χ0) is 22.8. The van der Waals surface area contributed by atoms with Crippen molar-refractivity contribution >= 4 is 21.7 Å². The van der Waals surface area contributed by atoms with Gasteiger partial charge in [-0.2, -0.15) is 0 Å². The van der Waals surface area contributed by atoms with Crippen molar-refractivity contribution in [3.8, 4) is 0 Å². The molecule has 1 fully saturated rings. The summed E-state index contributed by atoms with van der Waals surface area (Å²) in [5, 5.41) is 9.46. The van der Waals surface area contributed by atoms with Crippen LogP contribution in [0.4, 0.5) is 5.69 Å². The zero-order valence-electron chi connectivity index (χ0n) is 18.9. The number of aliphatic carboxylic acids is 1. The molecule has 2 aromatic carbocycles. The second-order valence-corrected chi connectivity index (χ2v) is 12.2. The number of sulfonamides is 1. The quantitative estimate of drug-likeness (QED) is 0.663. The molecule has 0 aromatic heterocycles. The number of rotatable bonds is 5. The van der Waals surface area contributed by atoms with E-state index in [1.807, 2.05) is 19.1 Å². The van der Waals surface area contributed by atoms with Gasteiger partial charge in [-0.15, -0.1) is 0 Å². The Hall–Kier alpha value is -2.34. The molecule has 4 rings (SSSR count). The fraction of sp³-hybridized carbons (Fsp3) is 0.480. The Balaban J connectivity index is 1.68. The van der Waals surface area contributed by atoms with Crippen LogP contribution < -0.4 is 4.72 Å². The van der Waals surface area contributed by atoms with Gasteiger partial charge in [-0.05, 0) is 83.9 Å². The number of carboxylic acid groups (broad SMARTS) is 1. The molecule has 166 valence electrons. The Bertz CT molecular complexity index is 1160. The summed E-state index contributed by atoms with van der Waals surface area (Å²) >= 11 is 0. The zero-order valence-corrected chi connectivity index (χ0v) is 19.7. The summed E-state index contributed by atoms with van der Waals surface area (Å²) in [7, 11) is -3.78. The number of hydrogen-bond acceptors (Lipinski definition) is 3. The summed E-state index contributed by atoms with van der Waals surface area (Å²) in [6.07, 6.45) is 3.32. The Morgan fingerprint density at radius 2 is 1.42 bits per heavy atom. The summed E-state index contributed by atoms with van der Waals surface area (Å²) in [6.45, 7) is 10.6. The molecule has 31 heavy (non-hydrogen) atoms. The maximum Gasteiger partial charge on any atom is 0.314 e. The molecule has 2 aromatic rings. The van der Waals surface area contributed by atoms with Crippen LogP contribution in [-0.2, 0) is 31.1 Å². The van der Waals surface area contributed by atoms with E-state index in [0.717, 1.165) is 29.5 Å². The van der Waals surface area contributed by atoms with E-state index in [1.165, 1.54) is 5.56 Å². The van der Waals surface area contributed by atoms with E-state index in [4.69, 9.17) is 0 Å². The molecule has 0 heterocycles. The maximum absolute atomic E-state index is 13.3. The maximum atomic E-state index is 13.3. The Kier molecular flexibility index (Phi) is 4.82. The molecular weight excluding hydrogens is 410 g/mol. The van der Waals surface area contributed by atoms with E-state index in [9.17, 15) is 18.3 Å². The van der Waals surface area contributed by atoms with E-state index in [1.54, 1.807) is 24.3 Å². The number of hydrogen-bond donors (Lipinski definition) is 2. The van der Waals surface area contributed by atoms with Gasteiger partial charge in [-0.3, -0.25) is 9.52 Å². The van der Waals surface area contributed by atoms with E-state index in [2.05, 4.69) is 32.4 Å². The normalized spacial score (nSPS) is 20.5. The van der Waals surface area contributed by atoms with Crippen LogP contribution in [0.15, 0.2) is 41.3 Å². The van der Waals surface area contributed by atoms with Crippen molar-refractivity contribution in [3.05, 3.63) is 58.7 Å². The largest absolute Gasteiger partial charge is 0.481 e. The van der Waals surface area contributed by atoms with E-state index in [-0.39, 0.29) is 10.8 Å². The van der Waals surface area contributed by atoms with Gasteiger partial charge in [0.25, 0.3) is 10.0 Å². The van der Waals surface area contributed by atoms with Crippen LogP contribution in [0.5, 0.6) is 0 Å². The fourth-order valence-electron chi connectivity index (χ4n) is 4.81. The van der Waals surface area contributed by atoms with Crippen LogP contribution in [-0.4, -0.2) is 19.5 Å². The highest BCUT2D eigenvalue weighted by atomic mass is 32.2. The van der Waals surface area contributed by atoms with Crippen LogP contribution in [0, 0.1) is 6.92 Å². The van der Waals surface area contributed by atoms with Crippen molar-refractivity contribution in [1.82, 2.24) is 0 Å². The van der Waals surface area contributed by atoms with Crippen molar-refractivity contribution in [2.75, 3.05) is 4.72 Å². The third kappa shape index (κ3) is 3.65. The number of fused-ring (bicyclic) bond motifs is 1. The predicted molar refractivity (Wildman–Crippen MR) is 122 cm³/mol. The first-order chi connectivity index (χ1) is 14.3.